The number of hydrogen-bond donors (Lipinski definition) is 1. The van der Waals surface area contributed by atoms with Crippen LogP contribution < -0.4 is 5.32 Å². The maximum Gasteiger partial charge on any atom is 0.307 e. The highest BCUT2D eigenvalue weighted by molar-refractivity contribution is 8.01. The van der Waals surface area contributed by atoms with E-state index in [-0.39, 0.29) is 24.7 Å². The summed E-state index contributed by atoms with van der Waals surface area (Å²) in [5, 5.41) is 2.22. The van der Waals surface area contributed by atoms with Gasteiger partial charge in [-0.25, -0.2) is 0 Å². The maximum absolute atomic E-state index is 12.5. The van der Waals surface area contributed by atoms with Gasteiger partial charge in [0.05, 0.1) is 17.4 Å². The highest BCUT2D eigenvalue weighted by Gasteiger charge is 2.29. The normalized spacial score (nSPS) is 15.5. The van der Waals surface area contributed by atoms with Gasteiger partial charge in [-0.2, -0.15) is 0 Å². The fraction of sp³-hybridized carbons (Fsp3) is 0.286. The van der Waals surface area contributed by atoms with Crippen LogP contribution in [0.3, 0.4) is 0 Å². The van der Waals surface area contributed by atoms with Gasteiger partial charge in [-0.3, -0.25) is 14.4 Å². The Morgan fingerprint density at radius 2 is 2.07 bits per heavy atom. The summed E-state index contributed by atoms with van der Waals surface area (Å²) < 4.78 is 7.12. The number of aromatic nitrogens is 1. The number of anilines is 1. The Balaban J connectivity index is 1.57. The third kappa shape index (κ3) is 4.20. The summed E-state index contributed by atoms with van der Waals surface area (Å²) in [5.74, 6) is -1.07. The van der Waals surface area contributed by atoms with Crippen LogP contribution in [0.15, 0.2) is 47.9 Å². The third-order valence-electron chi connectivity index (χ3n) is 4.61. The van der Waals surface area contributed by atoms with Gasteiger partial charge in [-0.1, -0.05) is 18.2 Å². The molecule has 1 N–H and O–H groups in total. The second-order valence-corrected chi connectivity index (χ2v) is 7.81. The summed E-state index contributed by atoms with van der Waals surface area (Å²) in [4.78, 5) is 37.7. The van der Waals surface area contributed by atoms with E-state index in [0.717, 1.165) is 22.0 Å². The number of aryl methyl sites for hydroxylation is 1. The van der Waals surface area contributed by atoms with Gasteiger partial charge in [-0.15, -0.1) is 18.3 Å². The van der Waals surface area contributed by atoms with Gasteiger partial charge >= 0.3 is 5.97 Å². The molecule has 3 rings (SSSR count). The average molecular weight is 398 g/mol. The van der Waals surface area contributed by atoms with Gasteiger partial charge in [-0.05, 0) is 32.0 Å². The fourth-order valence-corrected chi connectivity index (χ4v) is 4.25. The van der Waals surface area contributed by atoms with Gasteiger partial charge in [0.25, 0.3) is 0 Å². The van der Waals surface area contributed by atoms with Crippen molar-refractivity contribution >= 4 is 35.1 Å². The molecule has 0 radical (unpaired) electrons. The minimum absolute atomic E-state index is 0.0897. The SMILES string of the molecule is C=CCn1c(C)cc(C(=O)COC(=O)CC2Sc3ccccc3NC2=O)c1C. The number of Topliss-reactive ketones (excluding diaryl/α,β-unsaturated/α-hetero) is 1. The molecule has 1 aromatic heterocycles. The van der Waals surface area contributed by atoms with Crippen molar-refractivity contribution in [2.75, 3.05) is 11.9 Å². The lowest BCUT2D eigenvalue weighted by molar-refractivity contribution is -0.143. The summed E-state index contributed by atoms with van der Waals surface area (Å²) in [7, 11) is 0. The molecule has 1 aromatic carbocycles. The minimum atomic E-state index is -0.574. The molecule has 28 heavy (non-hydrogen) atoms. The van der Waals surface area contributed by atoms with E-state index in [1.54, 1.807) is 12.1 Å². The lowest BCUT2D eigenvalue weighted by atomic mass is 10.1. The number of fused-ring (bicyclic) bond motifs is 1. The van der Waals surface area contributed by atoms with Crippen molar-refractivity contribution in [2.45, 2.75) is 37.0 Å². The number of amides is 1. The molecular formula is C21H22N2O4S. The molecule has 0 saturated carbocycles. The Bertz CT molecular complexity index is 948. The third-order valence-corrected chi connectivity index (χ3v) is 5.88. The van der Waals surface area contributed by atoms with Crippen LogP contribution in [0.4, 0.5) is 5.69 Å². The number of allylic oxidation sites excluding steroid dienone is 1. The summed E-state index contributed by atoms with van der Waals surface area (Å²) in [6, 6.07) is 9.21. The largest absolute Gasteiger partial charge is 0.457 e. The summed E-state index contributed by atoms with van der Waals surface area (Å²) in [5.41, 5.74) is 3.04. The Kier molecular flexibility index (Phi) is 6.04. The monoisotopic (exact) mass is 398 g/mol. The molecule has 0 saturated heterocycles. The number of carbonyl (C=O) groups is 3. The predicted octanol–water partition coefficient (Wildman–Crippen LogP) is 3.52. The zero-order valence-electron chi connectivity index (χ0n) is 15.9. The van der Waals surface area contributed by atoms with Crippen LogP contribution in [0.5, 0.6) is 0 Å². The second-order valence-electron chi connectivity index (χ2n) is 6.56. The molecule has 0 aliphatic carbocycles. The fourth-order valence-electron chi connectivity index (χ4n) is 3.15. The van der Waals surface area contributed by atoms with Crippen molar-refractivity contribution in [3.05, 3.63) is 59.9 Å². The molecule has 1 unspecified atom stereocenters. The van der Waals surface area contributed by atoms with Crippen LogP contribution in [0, 0.1) is 13.8 Å². The first kappa shape index (κ1) is 19.9. The zero-order chi connectivity index (χ0) is 20.3. The number of benzene rings is 1. The first-order chi connectivity index (χ1) is 13.4. The number of rotatable bonds is 7. The van der Waals surface area contributed by atoms with Crippen molar-refractivity contribution in [1.29, 1.82) is 0 Å². The van der Waals surface area contributed by atoms with Crippen LogP contribution in [-0.2, 0) is 20.9 Å². The van der Waals surface area contributed by atoms with Crippen molar-refractivity contribution in [3.63, 3.8) is 0 Å². The van der Waals surface area contributed by atoms with Crippen LogP contribution in [0.1, 0.15) is 28.2 Å². The van der Waals surface area contributed by atoms with Gasteiger partial charge in [0.15, 0.2) is 6.61 Å². The number of nitrogens with one attached hydrogen (secondary N) is 1. The molecule has 6 nitrogen and oxygen atoms in total. The van der Waals surface area contributed by atoms with Gasteiger partial charge in [0, 0.05) is 28.4 Å². The molecule has 1 aliphatic heterocycles. The van der Waals surface area contributed by atoms with E-state index in [1.807, 2.05) is 42.7 Å². The molecule has 0 bridgehead atoms. The minimum Gasteiger partial charge on any atom is -0.457 e. The lowest BCUT2D eigenvalue weighted by Gasteiger charge is -2.23. The van der Waals surface area contributed by atoms with E-state index in [1.165, 1.54) is 11.8 Å². The Morgan fingerprint density at radius 1 is 1.32 bits per heavy atom. The zero-order valence-corrected chi connectivity index (χ0v) is 16.7. The molecule has 2 aromatic rings. The first-order valence-corrected chi connectivity index (χ1v) is 9.81. The standard InChI is InChI=1S/C21H22N2O4S/c1-4-9-23-13(2)10-15(14(23)3)17(24)12-27-20(25)11-19-21(26)22-16-7-5-6-8-18(16)28-19/h4-8,10,19H,1,9,11-12H2,2-3H3,(H,22,26). The molecule has 1 atom stereocenters. The number of thioether (sulfide) groups is 1. The average Bonchev–Trinajstić information content (AvgIpc) is 2.95. The van der Waals surface area contributed by atoms with E-state index < -0.39 is 11.2 Å². The lowest BCUT2D eigenvalue weighted by Crippen LogP contribution is -2.31. The smallest absolute Gasteiger partial charge is 0.307 e. The van der Waals surface area contributed by atoms with E-state index >= 15 is 0 Å². The molecule has 146 valence electrons. The number of carbonyl (C=O) groups excluding carboxylic acids is 3. The molecule has 2 heterocycles. The number of hydrogen-bond acceptors (Lipinski definition) is 5. The predicted molar refractivity (Wildman–Crippen MR) is 109 cm³/mol. The van der Waals surface area contributed by atoms with Crippen molar-refractivity contribution in [2.24, 2.45) is 0 Å². The Morgan fingerprint density at radius 3 is 2.82 bits per heavy atom. The number of ether oxygens (including phenoxy) is 1. The van der Waals surface area contributed by atoms with Crippen molar-refractivity contribution < 1.29 is 19.1 Å². The van der Waals surface area contributed by atoms with Crippen LogP contribution >= 0.6 is 11.8 Å². The molecule has 0 fully saturated rings. The Labute approximate surface area is 167 Å². The maximum atomic E-state index is 12.5. The summed E-state index contributed by atoms with van der Waals surface area (Å²) in [6.07, 6.45) is 1.67. The van der Waals surface area contributed by atoms with E-state index in [0.29, 0.717) is 12.1 Å². The molecular weight excluding hydrogens is 376 g/mol. The van der Waals surface area contributed by atoms with Crippen LogP contribution in [-0.4, -0.2) is 34.1 Å². The highest BCUT2D eigenvalue weighted by atomic mass is 32.2. The van der Waals surface area contributed by atoms with Crippen molar-refractivity contribution in [3.8, 4) is 0 Å². The number of esters is 1. The number of ketones is 1. The van der Waals surface area contributed by atoms with Gasteiger partial charge < -0.3 is 14.6 Å². The summed E-state index contributed by atoms with van der Waals surface area (Å²) >= 11 is 1.33. The van der Waals surface area contributed by atoms with E-state index in [4.69, 9.17) is 4.74 Å². The second kappa shape index (κ2) is 8.48. The quantitative estimate of drug-likeness (QED) is 0.439. The van der Waals surface area contributed by atoms with E-state index in [9.17, 15) is 14.4 Å². The number of para-hydroxylation sites is 1. The molecule has 0 spiro atoms. The van der Waals surface area contributed by atoms with Crippen LogP contribution in [0.25, 0.3) is 0 Å². The topological polar surface area (TPSA) is 77.4 Å². The number of nitrogens with zero attached hydrogens (tertiary/aromatic N) is 1. The van der Waals surface area contributed by atoms with Crippen LogP contribution in [0.2, 0.25) is 0 Å². The molecule has 1 amide bonds. The highest BCUT2D eigenvalue weighted by Crippen LogP contribution is 2.36. The van der Waals surface area contributed by atoms with Gasteiger partial charge in [0.1, 0.15) is 0 Å². The summed E-state index contributed by atoms with van der Waals surface area (Å²) in [6.45, 7) is 7.75. The Hall–Kier alpha value is -2.80. The van der Waals surface area contributed by atoms with Crippen molar-refractivity contribution in [1.82, 2.24) is 4.57 Å². The van der Waals surface area contributed by atoms with Gasteiger partial charge in [0.2, 0.25) is 11.7 Å². The van der Waals surface area contributed by atoms with E-state index in [2.05, 4.69) is 11.9 Å². The first-order valence-electron chi connectivity index (χ1n) is 8.93. The molecule has 1 aliphatic rings. The molecule has 7 heteroatoms.